The van der Waals surface area contributed by atoms with Crippen LogP contribution in [-0.2, 0) is 11.2 Å². The summed E-state index contributed by atoms with van der Waals surface area (Å²) < 4.78 is 5.43. The number of rotatable bonds is 2. The second-order valence-electron chi connectivity index (χ2n) is 7.10. The molecule has 1 fully saturated rings. The highest BCUT2D eigenvalue weighted by molar-refractivity contribution is 6.32. The van der Waals surface area contributed by atoms with Gasteiger partial charge in [-0.05, 0) is 51.5 Å². The second-order valence-corrected chi connectivity index (χ2v) is 7.10. The molecule has 0 aromatic heterocycles. The lowest BCUT2D eigenvalue weighted by atomic mass is 9.87. The number of carbonyl (C=O) groups excluding carboxylic acids is 1. The van der Waals surface area contributed by atoms with E-state index in [0.717, 1.165) is 32.4 Å². The maximum atomic E-state index is 12.0. The van der Waals surface area contributed by atoms with Crippen LogP contribution in [0.1, 0.15) is 39.2 Å². The second kappa shape index (κ2) is 6.55. The van der Waals surface area contributed by atoms with Gasteiger partial charge in [-0.1, -0.05) is 29.7 Å². The van der Waals surface area contributed by atoms with Crippen LogP contribution < -0.4 is 5.46 Å². The third-order valence-corrected chi connectivity index (χ3v) is 3.87. The molecule has 1 saturated heterocycles. The van der Waals surface area contributed by atoms with Crippen molar-refractivity contribution < 1.29 is 9.53 Å². The molecule has 0 spiro atoms. The Bertz CT molecular complexity index is 488. The Morgan fingerprint density at radius 1 is 1.33 bits per heavy atom. The van der Waals surface area contributed by atoms with E-state index in [1.165, 1.54) is 11.0 Å². The number of hydrogen-bond donors (Lipinski definition) is 0. The largest absolute Gasteiger partial charge is 0.444 e. The number of ether oxygens (including phenoxy) is 1. The molecule has 0 unspecified atom stereocenters. The highest BCUT2D eigenvalue weighted by atomic mass is 16.6. The van der Waals surface area contributed by atoms with Gasteiger partial charge in [0.25, 0.3) is 0 Å². The molecule has 0 saturated carbocycles. The van der Waals surface area contributed by atoms with Gasteiger partial charge in [0, 0.05) is 13.1 Å². The van der Waals surface area contributed by atoms with Crippen molar-refractivity contribution in [3.8, 4) is 0 Å². The van der Waals surface area contributed by atoms with E-state index >= 15 is 0 Å². The lowest BCUT2D eigenvalue weighted by molar-refractivity contribution is 0.0184. The quantitative estimate of drug-likeness (QED) is 0.780. The lowest BCUT2D eigenvalue weighted by Gasteiger charge is -2.33. The van der Waals surface area contributed by atoms with Crippen molar-refractivity contribution in [3.05, 3.63) is 29.8 Å². The first-order valence-corrected chi connectivity index (χ1v) is 7.87. The minimum Gasteiger partial charge on any atom is -0.444 e. The van der Waals surface area contributed by atoms with Gasteiger partial charge in [0.05, 0.1) is 0 Å². The molecule has 1 heterocycles. The molecule has 4 heteroatoms. The van der Waals surface area contributed by atoms with Crippen LogP contribution in [-0.4, -0.2) is 37.5 Å². The SMILES string of the molecule is Bc1cccc(CC2CCN(C(=O)OC(C)(C)C)CC2)c1. The Morgan fingerprint density at radius 2 is 2.00 bits per heavy atom. The van der Waals surface area contributed by atoms with Crippen LogP contribution in [0.4, 0.5) is 4.79 Å². The number of amides is 1. The molecule has 0 atom stereocenters. The van der Waals surface area contributed by atoms with Gasteiger partial charge in [-0.15, -0.1) is 0 Å². The van der Waals surface area contributed by atoms with Crippen molar-refractivity contribution >= 4 is 19.4 Å². The standard InChI is InChI=1S/C17H26BNO2/c1-17(2,3)21-16(20)19-9-7-13(8-10-19)11-14-5-4-6-15(18)12-14/h4-6,12-13H,7-11,18H2,1-3H3. The summed E-state index contributed by atoms with van der Waals surface area (Å²) in [6.07, 6.45) is 3.07. The van der Waals surface area contributed by atoms with E-state index in [1.807, 2.05) is 25.7 Å². The van der Waals surface area contributed by atoms with E-state index in [2.05, 4.69) is 32.1 Å². The molecule has 2 rings (SSSR count). The van der Waals surface area contributed by atoms with Crippen LogP contribution in [0.5, 0.6) is 0 Å². The summed E-state index contributed by atoms with van der Waals surface area (Å²) in [5.41, 5.74) is 2.32. The van der Waals surface area contributed by atoms with Crippen LogP contribution in [0.25, 0.3) is 0 Å². The van der Waals surface area contributed by atoms with E-state index in [9.17, 15) is 4.79 Å². The fourth-order valence-electron chi connectivity index (χ4n) is 2.82. The highest BCUT2D eigenvalue weighted by Gasteiger charge is 2.26. The molecule has 21 heavy (non-hydrogen) atoms. The highest BCUT2D eigenvalue weighted by Crippen LogP contribution is 2.22. The van der Waals surface area contributed by atoms with E-state index < -0.39 is 5.60 Å². The topological polar surface area (TPSA) is 29.5 Å². The molecule has 0 radical (unpaired) electrons. The van der Waals surface area contributed by atoms with Gasteiger partial charge in [-0.3, -0.25) is 0 Å². The fraction of sp³-hybridized carbons (Fsp3) is 0.588. The lowest BCUT2D eigenvalue weighted by Crippen LogP contribution is -2.42. The summed E-state index contributed by atoms with van der Waals surface area (Å²) >= 11 is 0. The average Bonchev–Trinajstić information content (AvgIpc) is 2.37. The number of benzene rings is 1. The van der Waals surface area contributed by atoms with Crippen molar-refractivity contribution in [1.29, 1.82) is 0 Å². The zero-order valence-electron chi connectivity index (χ0n) is 13.7. The van der Waals surface area contributed by atoms with Crippen LogP contribution >= 0.6 is 0 Å². The third kappa shape index (κ3) is 5.11. The normalized spacial score (nSPS) is 16.8. The smallest absolute Gasteiger partial charge is 0.410 e. The molecule has 1 aromatic carbocycles. The number of nitrogens with zero attached hydrogens (tertiary/aromatic N) is 1. The molecule has 0 bridgehead atoms. The minimum atomic E-state index is -0.407. The molecular formula is C17H26BNO2. The molecule has 0 aliphatic carbocycles. The number of hydrogen-bond acceptors (Lipinski definition) is 2. The van der Waals surface area contributed by atoms with Crippen LogP contribution in [0.2, 0.25) is 0 Å². The predicted octanol–water partition coefficient (Wildman–Crippen LogP) is 2.13. The summed E-state index contributed by atoms with van der Waals surface area (Å²) in [6, 6.07) is 8.72. The van der Waals surface area contributed by atoms with Crippen LogP contribution in [0, 0.1) is 5.92 Å². The summed E-state index contributed by atoms with van der Waals surface area (Å²) in [4.78, 5) is 13.9. The van der Waals surface area contributed by atoms with Gasteiger partial charge in [0.2, 0.25) is 0 Å². The molecule has 3 nitrogen and oxygen atoms in total. The van der Waals surface area contributed by atoms with Crippen LogP contribution in [0.3, 0.4) is 0 Å². The molecule has 1 amide bonds. The number of carbonyl (C=O) groups is 1. The molecular weight excluding hydrogens is 261 g/mol. The minimum absolute atomic E-state index is 0.170. The van der Waals surface area contributed by atoms with Crippen molar-refractivity contribution in [3.63, 3.8) is 0 Å². The van der Waals surface area contributed by atoms with Gasteiger partial charge in [0.1, 0.15) is 13.4 Å². The first-order chi connectivity index (χ1) is 9.83. The molecule has 0 N–H and O–H groups in total. The average molecular weight is 287 g/mol. The molecule has 1 aromatic rings. The van der Waals surface area contributed by atoms with E-state index in [4.69, 9.17) is 4.74 Å². The zero-order chi connectivity index (χ0) is 15.5. The Labute approximate surface area is 129 Å². The van der Waals surface area contributed by atoms with Crippen LogP contribution in [0.15, 0.2) is 24.3 Å². The first-order valence-electron chi connectivity index (χ1n) is 7.87. The number of likely N-dealkylation sites (tertiary alicyclic amines) is 1. The van der Waals surface area contributed by atoms with E-state index in [0.29, 0.717) is 5.92 Å². The van der Waals surface area contributed by atoms with Crippen molar-refractivity contribution in [1.82, 2.24) is 4.90 Å². The molecule has 114 valence electrons. The van der Waals surface area contributed by atoms with Gasteiger partial charge < -0.3 is 9.64 Å². The summed E-state index contributed by atoms with van der Waals surface area (Å²) in [5.74, 6) is 0.672. The number of piperidine rings is 1. The Hall–Kier alpha value is -1.45. The van der Waals surface area contributed by atoms with Gasteiger partial charge in [0.15, 0.2) is 0 Å². The summed E-state index contributed by atoms with van der Waals surface area (Å²) in [6.45, 7) is 7.36. The van der Waals surface area contributed by atoms with Gasteiger partial charge >= 0.3 is 6.09 Å². The molecule has 1 aliphatic rings. The van der Waals surface area contributed by atoms with E-state index in [-0.39, 0.29) is 6.09 Å². The predicted molar refractivity (Wildman–Crippen MR) is 88.9 cm³/mol. The Kier molecular flexibility index (Phi) is 4.97. The monoisotopic (exact) mass is 287 g/mol. The van der Waals surface area contributed by atoms with E-state index in [1.54, 1.807) is 0 Å². The maximum absolute atomic E-state index is 12.0. The first kappa shape index (κ1) is 15.9. The van der Waals surface area contributed by atoms with Crippen molar-refractivity contribution in [2.24, 2.45) is 5.92 Å². The fourth-order valence-corrected chi connectivity index (χ4v) is 2.82. The Balaban J connectivity index is 1.82. The van der Waals surface area contributed by atoms with Gasteiger partial charge in [-0.2, -0.15) is 0 Å². The van der Waals surface area contributed by atoms with Crippen molar-refractivity contribution in [2.45, 2.75) is 45.6 Å². The Morgan fingerprint density at radius 3 is 2.57 bits per heavy atom. The van der Waals surface area contributed by atoms with Gasteiger partial charge in [-0.25, -0.2) is 4.79 Å². The van der Waals surface area contributed by atoms with Crippen molar-refractivity contribution in [2.75, 3.05) is 13.1 Å². The maximum Gasteiger partial charge on any atom is 0.410 e. The summed E-state index contributed by atoms with van der Waals surface area (Å²) in [5, 5.41) is 0. The molecule has 1 aliphatic heterocycles. The summed E-state index contributed by atoms with van der Waals surface area (Å²) in [7, 11) is 2.13. The zero-order valence-corrected chi connectivity index (χ0v) is 13.7. The third-order valence-electron chi connectivity index (χ3n) is 3.87.